The van der Waals surface area contributed by atoms with Crippen LogP contribution in [0.5, 0.6) is 0 Å². The molecule has 210 valence electrons. The summed E-state index contributed by atoms with van der Waals surface area (Å²) in [6, 6.07) is 5.44. The number of anilines is 2. The van der Waals surface area contributed by atoms with Crippen molar-refractivity contribution < 1.29 is 32.3 Å². The zero-order valence-corrected chi connectivity index (χ0v) is 22.0. The standard InChI is InChI=1S/C26H31F3N6O4/c1-4-30-25(37)35(39-23(36)26(27,28)29)17-7-5-16(6-8-17)22-20-13-33(15(2)3)14-21(20)31-24(32-22)34-11-18-9-10-19(12-34)38-18/h5-8,15,18-19H,4,9-14H2,1-3H3,(H,30,37). The van der Waals surface area contributed by atoms with Crippen molar-refractivity contribution in [3.05, 3.63) is 35.5 Å². The maximum atomic E-state index is 12.9. The summed E-state index contributed by atoms with van der Waals surface area (Å²) in [5, 5.41) is 2.66. The van der Waals surface area contributed by atoms with Crippen molar-refractivity contribution >= 4 is 23.6 Å². The molecule has 2 bridgehead atoms. The maximum absolute atomic E-state index is 12.9. The first kappa shape index (κ1) is 27.1. The van der Waals surface area contributed by atoms with Crippen LogP contribution in [0.4, 0.5) is 29.6 Å². The Kier molecular flexibility index (Phi) is 7.38. The number of nitrogens with zero attached hydrogens (tertiary/aromatic N) is 5. The molecule has 1 aromatic carbocycles. The van der Waals surface area contributed by atoms with Gasteiger partial charge in [-0.05, 0) is 45.7 Å². The molecule has 2 saturated heterocycles. The number of hydrogen-bond acceptors (Lipinski definition) is 8. The Bertz CT molecular complexity index is 1230. The quantitative estimate of drug-likeness (QED) is 0.564. The van der Waals surface area contributed by atoms with Crippen LogP contribution in [0.25, 0.3) is 11.3 Å². The number of alkyl halides is 3. The summed E-state index contributed by atoms with van der Waals surface area (Å²) in [5.41, 5.74) is 3.32. The number of hydrogen-bond donors (Lipinski definition) is 1. The molecule has 1 aromatic heterocycles. The number of halogens is 3. The molecule has 1 N–H and O–H groups in total. The Morgan fingerprint density at radius 1 is 1.13 bits per heavy atom. The van der Waals surface area contributed by atoms with Crippen LogP contribution in [-0.2, 0) is 27.5 Å². The van der Waals surface area contributed by atoms with Crippen LogP contribution in [-0.4, -0.2) is 70.9 Å². The van der Waals surface area contributed by atoms with E-state index in [0.29, 0.717) is 48.8 Å². The number of nitrogens with one attached hydrogen (secondary N) is 1. The minimum atomic E-state index is -5.26. The largest absolute Gasteiger partial charge is 0.493 e. The molecule has 2 unspecified atom stereocenters. The van der Waals surface area contributed by atoms with Gasteiger partial charge in [-0.1, -0.05) is 12.1 Å². The number of benzene rings is 1. The van der Waals surface area contributed by atoms with Gasteiger partial charge in [0.05, 0.1) is 29.3 Å². The molecule has 3 aliphatic rings. The van der Waals surface area contributed by atoms with Crippen LogP contribution in [0, 0.1) is 0 Å². The average Bonchev–Trinajstić information content (AvgIpc) is 3.48. The van der Waals surface area contributed by atoms with Crippen LogP contribution in [0.2, 0.25) is 0 Å². The average molecular weight is 549 g/mol. The summed E-state index contributed by atoms with van der Waals surface area (Å²) in [6.45, 7) is 8.73. The maximum Gasteiger partial charge on any atom is 0.493 e. The highest BCUT2D eigenvalue weighted by Crippen LogP contribution is 2.36. The fourth-order valence-electron chi connectivity index (χ4n) is 5.11. The van der Waals surface area contributed by atoms with E-state index < -0.39 is 18.2 Å². The zero-order valence-electron chi connectivity index (χ0n) is 22.0. The van der Waals surface area contributed by atoms with Crippen molar-refractivity contribution in [1.29, 1.82) is 0 Å². The molecule has 10 nitrogen and oxygen atoms in total. The first-order valence-corrected chi connectivity index (χ1v) is 13.0. The van der Waals surface area contributed by atoms with E-state index in [1.165, 1.54) is 12.1 Å². The molecule has 0 aliphatic carbocycles. The van der Waals surface area contributed by atoms with E-state index in [-0.39, 0.29) is 24.4 Å². The van der Waals surface area contributed by atoms with Gasteiger partial charge in [-0.25, -0.2) is 19.6 Å². The van der Waals surface area contributed by atoms with E-state index in [2.05, 4.69) is 33.8 Å². The van der Waals surface area contributed by atoms with Gasteiger partial charge in [0.25, 0.3) is 0 Å². The van der Waals surface area contributed by atoms with Gasteiger partial charge < -0.3 is 19.8 Å². The van der Waals surface area contributed by atoms with Crippen LogP contribution in [0.3, 0.4) is 0 Å². The van der Waals surface area contributed by atoms with Crippen LogP contribution in [0.15, 0.2) is 24.3 Å². The lowest BCUT2D eigenvalue weighted by Crippen LogP contribution is -2.44. The number of morpholine rings is 1. The van der Waals surface area contributed by atoms with Crippen molar-refractivity contribution in [3.8, 4) is 11.3 Å². The summed E-state index contributed by atoms with van der Waals surface area (Å²) in [5.74, 6) is -1.87. The number of amides is 2. The summed E-state index contributed by atoms with van der Waals surface area (Å²) in [4.78, 5) is 42.7. The number of hydroxylamine groups is 1. The molecule has 2 amide bonds. The highest BCUT2D eigenvalue weighted by molar-refractivity contribution is 5.93. The third-order valence-corrected chi connectivity index (χ3v) is 7.15. The smallest absolute Gasteiger partial charge is 0.371 e. The van der Waals surface area contributed by atoms with Gasteiger partial charge in [-0.15, -0.1) is 5.06 Å². The van der Waals surface area contributed by atoms with Gasteiger partial charge in [0.1, 0.15) is 0 Å². The summed E-state index contributed by atoms with van der Waals surface area (Å²) in [6.07, 6.45) is -2.90. The zero-order chi connectivity index (χ0) is 27.9. The lowest BCUT2D eigenvalue weighted by atomic mass is 10.1. The van der Waals surface area contributed by atoms with E-state index in [9.17, 15) is 22.8 Å². The molecule has 0 spiro atoms. The number of rotatable bonds is 5. The number of carbonyl (C=O) groups is 2. The van der Waals surface area contributed by atoms with Gasteiger partial charge in [-0.3, -0.25) is 4.90 Å². The van der Waals surface area contributed by atoms with E-state index in [1.807, 2.05) is 0 Å². The number of ether oxygens (including phenoxy) is 1. The normalized spacial score (nSPS) is 20.7. The van der Waals surface area contributed by atoms with Crippen molar-refractivity contribution in [2.45, 2.75) is 71.1 Å². The topological polar surface area (TPSA) is 100 Å². The van der Waals surface area contributed by atoms with Gasteiger partial charge >= 0.3 is 18.2 Å². The monoisotopic (exact) mass is 548 g/mol. The van der Waals surface area contributed by atoms with E-state index >= 15 is 0 Å². The molecule has 2 fully saturated rings. The fourth-order valence-corrected chi connectivity index (χ4v) is 5.11. The molecular formula is C26H31F3N6O4. The third kappa shape index (κ3) is 5.64. The van der Waals surface area contributed by atoms with Crippen LogP contribution in [0.1, 0.15) is 44.9 Å². The second-order valence-corrected chi connectivity index (χ2v) is 10.2. The predicted molar refractivity (Wildman–Crippen MR) is 136 cm³/mol. The molecule has 39 heavy (non-hydrogen) atoms. The summed E-state index contributed by atoms with van der Waals surface area (Å²) >= 11 is 0. The summed E-state index contributed by atoms with van der Waals surface area (Å²) < 4.78 is 44.5. The van der Waals surface area contributed by atoms with Gasteiger partial charge in [0, 0.05) is 49.9 Å². The number of urea groups is 1. The second-order valence-electron chi connectivity index (χ2n) is 10.2. The molecule has 2 aromatic rings. The second kappa shape index (κ2) is 10.6. The van der Waals surface area contributed by atoms with Crippen LogP contribution >= 0.6 is 0 Å². The SMILES string of the molecule is CCNC(=O)N(OC(=O)C(F)(F)F)c1ccc(-c2nc(N3CC4CCC(C3)O4)nc3c2CN(C(C)C)C3)cc1. The predicted octanol–water partition coefficient (Wildman–Crippen LogP) is 3.79. The van der Waals surface area contributed by atoms with E-state index in [0.717, 1.165) is 29.8 Å². The minimum Gasteiger partial charge on any atom is -0.371 e. The molecule has 2 atom stereocenters. The molecular weight excluding hydrogens is 517 g/mol. The first-order chi connectivity index (χ1) is 18.5. The summed E-state index contributed by atoms with van der Waals surface area (Å²) in [7, 11) is 0. The number of fused-ring (bicyclic) bond motifs is 3. The molecule has 0 saturated carbocycles. The van der Waals surface area contributed by atoms with Gasteiger partial charge in [0.2, 0.25) is 5.95 Å². The number of carbonyl (C=O) groups excluding carboxylic acids is 2. The van der Waals surface area contributed by atoms with Crippen molar-refractivity contribution in [2.75, 3.05) is 29.6 Å². The van der Waals surface area contributed by atoms with Crippen molar-refractivity contribution in [2.24, 2.45) is 0 Å². The molecule has 0 radical (unpaired) electrons. The van der Waals surface area contributed by atoms with Crippen molar-refractivity contribution in [3.63, 3.8) is 0 Å². The highest BCUT2D eigenvalue weighted by Gasteiger charge is 2.44. The Balaban J connectivity index is 1.48. The Morgan fingerprint density at radius 3 is 2.38 bits per heavy atom. The highest BCUT2D eigenvalue weighted by atomic mass is 19.4. The van der Waals surface area contributed by atoms with Gasteiger partial charge in [-0.2, -0.15) is 13.2 Å². The molecule has 13 heteroatoms. The fraction of sp³-hybridized carbons (Fsp3) is 0.538. The first-order valence-electron chi connectivity index (χ1n) is 13.0. The Labute approximate surface area is 224 Å². The molecule has 4 heterocycles. The number of aromatic nitrogens is 2. The van der Waals surface area contributed by atoms with Crippen molar-refractivity contribution in [1.82, 2.24) is 20.2 Å². The molecule has 5 rings (SSSR count). The van der Waals surface area contributed by atoms with Crippen LogP contribution < -0.4 is 15.3 Å². The van der Waals surface area contributed by atoms with Gasteiger partial charge in [0.15, 0.2) is 0 Å². The molecule has 3 aliphatic heterocycles. The van der Waals surface area contributed by atoms with E-state index in [4.69, 9.17) is 14.7 Å². The minimum absolute atomic E-state index is 0.0400. The lowest BCUT2D eigenvalue weighted by molar-refractivity contribution is -0.199. The van der Waals surface area contributed by atoms with E-state index in [1.54, 1.807) is 19.1 Å². The third-order valence-electron chi connectivity index (χ3n) is 7.15. The lowest BCUT2D eigenvalue weighted by Gasteiger charge is -2.32. The Hall–Kier alpha value is -3.45. The Morgan fingerprint density at radius 2 is 1.79 bits per heavy atom.